The fourth-order valence-corrected chi connectivity index (χ4v) is 6.28. The van der Waals surface area contributed by atoms with Crippen LogP contribution in [0.2, 0.25) is 0 Å². The van der Waals surface area contributed by atoms with E-state index in [0.717, 1.165) is 41.1 Å². The predicted octanol–water partition coefficient (Wildman–Crippen LogP) is 5.11. The Balaban J connectivity index is 1.69. The Kier molecular flexibility index (Phi) is 9.25. The first-order valence-electron chi connectivity index (χ1n) is 13.6. The smallest absolute Gasteiger partial charge is 0.264 e. The van der Waals surface area contributed by atoms with Crippen molar-refractivity contribution in [1.29, 1.82) is 0 Å². The maximum absolute atomic E-state index is 14.7. The van der Waals surface area contributed by atoms with Crippen molar-refractivity contribution in [2.75, 3.05) is 10.8 Å². The number of benzene rings is 3. The lowest BCUT2D eigenvalue weighted by Gasteiger charge is -2.32. The average Bonchev–Trinajstić information content (AvgIpc) is 3.44. The second kappa shape index (κ2) is 12.6. The molecule has 0 saturated heterocycles. The fourth-order valence-electron chi connectivity index (χ4n) is 4.86. The number of nitrogens with one attached hydrogen (secondary N) is 1. The Morgan fingerprint density at radius 1 is 0.925 bits per heavy atom. The van der Waals surface area contributed by atoms with Gasteiger partial charge in [-0.1, -0.05) is 66.4 Å². The monoisotopic (exact) mass is 565 g/mol. The zero-order valence-corrected chi connectivity index (χ0v) is 24.0. The van der Waals surface area contributed by atoms with E-state index in [1.54, 1.807) is 61.5 Å². The van der Waals surface area contributed by atoms with Gasteiger partial charge in [0.25, 0.3) is 10.0 Å². The van der Waals surface area contributed by atoms with Gasteiger partial charge in [0.2, 0.25) is 11.8 Å². The molecule has 1 atom stereocenters. The normalized spacial score (nSPS) is 14.5. The van der Waals surface area contributed by atoms with E-state index in [4.69, 9.17) is 0 Å². The van der Waals surface area contributed by atoms with E-state index >= 15 is 0 Å². The zero-order chi connectivity index (χ0) is 28.9. The first-order chi connectivity index (χ1) is 19.1. The zero-order valence-electron chi connectivity index (χ0n) is 23.1. The number of carbonyl (C=O) groups excluding carboxylic acids is 2. The van der Waals surface area contributed by atoms with Gasteiger partial charge in [0, 0.05) is 18.2 Å². The first kappa shape index (κ1) is 29.3. The molecule has 40 heavy (non-hydrogen) atoms. The van der Waals surface area contributed by atoms with Gasteiger partial charge in [-0.2, -0.15) is 0 Å². The second-order valence-electron chi connectivity index (χ2n) is 10.4. The molecular formula is C31H36FN3O4S. The number of aryl methyl sites for hydroxylation is 2. The third kappa shape index (κ3) is 6.88. The molecule has 7 nitrogen and oxygen atoms in total. The Hall–Kier alpha value is -3.72. The minimum atomic E-state index is -4.15. The van der Waals surface area contributed by atoms with E-state index in [2.05, 4.69) is 5.32 Å². The Morgan fingerprint density at radius 3 is 2.10 bits per heavy atom. The van der Waals surface area contributed by atoms with Crippen molar-refractivity contribution >= 4 is 27.5 Å². The summed E-state index contributed by atoms with van der Waals surface area (Å²) in [6, 6.07) is 18.4. The van der Waals surface area contributed by atoms with Crippen LogP contribution in [0.1, 0.15) is 49.3 Å². The quantitative estimate of drug-likeness (QED) is 0.370. The molecule has 2 amide bonds. The average molecular weight is 566 g/mol. The molecule has 0 radical (unpaired) electrons. The molecule has 0 spiro atoms. The van der Waals surface area contributed by atoms with Crippen molar-refractivity contribution in [3.63, 3.8) is 0 Å². The van der Waals surface area contributed by atoms with Gasteiger partial charge in [0.05, 0.1) is 10.6 Å². The van der Waals surface area contributed by atoms with Gasteiger partial charge in [-0.05, 0) is 63.9 Å². The summed E-state index contributed by atoms with van der Waals surface area (Å²) in [5, 5.41) is 3.01. The molecule has 1 aliphatic rings. The van der Waals surface area contributed by atoms with Gasteiger partial charge in [0.1, 0.15) is 18.4 Å². The fraction of sp³-hybridized carbons (Fsp3) is 0.355. The van der Waals surface area contributed by atoms with Gasteiger partial charge >= 0.3 is 0 Å². The summed E-state index contributed by atoms with van der Waals surface area (Å²) in [7, 11) is -4.15. The number of halogens is 1. The first-order valence-corrected chi connectivity index (χ1v) is 15.0. The van der Waals surface area contributed by atoms with Crippen molar-refractivity contribution in [3.05, 3.63) is 95.3 Å². The van der Waals surface area contributed by atoms with Crippen LogP contribution in [-0.4, -0.2) is 43.8 Å². The van der Waals surface area contributed by atoms with Gasteiger partial charge in [-0.15, -0.1) is 0 Å². The number of nitrogens with zero attached hydrogens (tertiary/aromatic N) is 2. The molecule has 0 heterocycles. The lowest BCUT2D eigenvalue weighted by molar-refractivity contribution is -0.139. The van der Waals surface area contributed by atoms with Crippen LogP contribution in [0.5, 0.6) is 0 Å². The number of hydrogen-bond donors (Lipinski definition) is 1. The minimum Gasteiger partial charge on any atom is -0.352 e. The maximum atomic E-state index is 14.7. The predicted molar refractivity (Wildman–Crippen MR) is 154 cm³/mol. The summed E-state index contributed by atoms with van der Waals surface area (Å²) < 4.78 is 43.4. The SMILES string of the molecule is Cc1ccc(N(CC(=O)N(Cc2ccccc2F)[C@@H](C)C(=O)NC2CCCC2)S(=O)(=O)c2ccc(C)cc2)cc1. The number of hydrogen-bond acceptors (Lipinski definition) is 4. The molecule has 212 valence electrons. The number of amides is 2. The standard InChI is InChI=1S/C31H36FN3O4S/c1-22-12-16-27(17-13-22)35(40(38,39)28-18-14-23(2)15-19-28)21-30(36)34(20-25-8-4-7-11-29(25)32)24(3)31(37)33-26-9-5-6-10-26/h4,7-8,11-19,24,26H,5-6,9-10,20-21H2,1-3H3,(H,33,37)/t24-/m0/s1. The van der Waals surface area contributed by atoms with E-state index in [-0.39, 0.29) is 29.0 Å². The molecule has 0 unspecified atom stereocenters. The van der Waals surface area contributed by atoms with Crippen LogP contribution in [0.15, 0.2) is 77.7 Å². The summed E-state index contributed by atoms with van der Waals surface area (Å²) in [5.74, 6) is -1.47. The molecule has 3 aromatic rings. The number of anilines is 1. The summed E-state index contributed by atoms with van der Waals surface area (Å²) in [5.41, 5.74) is 2.38. The summed E-state index contributed by atoms with van der Waals surface area (Å²) in [4.78, 5) is 28.5. The second-order valence-corrected chi connectivity index (χ2v) is 12.3. The Labute approximate surface area is 236 Å². The van der Waals surface area contributed by atoms with Crippen LogP contribution in [0.3, 0.4) is 0 Å². The highest BCUT2D eigenvalue weighted by atomic mass is 32.2. The topological polar surface area (TPSA) is 86.8 Å². The van der Waals surface area contributed by atoms with E-state index in [1.165, 1.54) is 23.1 Å². The number of carbonyl (C=O) groups is 2. The van der Waals surface area contributed by atoms with Crippen molar-refractivity contribution < 1.29 is 22.4 Å². The summed E-state index contributed by atoms with van der Waals surface area (Å²) in [6.07, 6.45) is 3.80. The molecule has 1 aliphatic carbocycles. The third-order valence-corrected chi connectivity index (χ3v) is 9.17. The maximum Gasteiger partial charge on any atom is 0.264 e. The lowest BCUT2D eigenvalue weighted by atomic mass is 10.1. The highest BCUT2D eigenvalue weighted by Crippen LogP contribution is 2.26. The third-order valence-electron chi connectivity index (χ3n) is 7.38. The molecule has 1 N–H and O–H groups in total. The molecule has 0 aliphatic heterocycles. The molecule has 0 aromatic heterocycles. The van der Waals surface area contributed by atoms with Crippen LogP contribution < -0.4 is 9.62 Å². The van der Waals surface area contributed by atoms with Crippen LogP contribution in [0, 0.1) is 19.7 Å². The molecule has 4 rings (SSSR count). The van der Waals surface area contributed by atoms with E-state index in [1.807, 2.05) is 13.8 Å². The lowest BCUT2D eigenvalue weighted by Crippen LogP contribution is -2.52. The summed E-state index contributed by atoms with van der Waals surface area (Å²) >= 11 is 0. The van der Waals surface area contributed by atoms with Gasteiger partial charge in [-0.25, -0.2) is 12.8 Å². The summed E-state index contributed by atoms with van der Waals surface area (Å²) in [6.45, 7) is 4.59. The van der Waals surface area contributed by atoms with Crippen molar-refractivity contribution in [2.45, 2.75) is 70.0 Å². The Bertz CT molecular complexity index is 1440. The highest BCUT2D eigenvalue weighted by molar-refractivity contribution is 7.92. The number of rotatable bonds is 10. The van der Waals surface area contributed by atoms with Crippen molar-refractivity contribution in [1.82, 2.24) is 10.2 Å². The van der Waals surface area contributed by atoms with Crippen molar-refractivity contribution in [3.8, 4) is 0 Å². The largest absolute Gasteiger partial charge is 0.352 e. The van der Waals surface area contributed by atoms with Crippen molar-refractivity contribution in [2.24, 2.45) is 0 Å². The Morgan fingerprint density at radius 2 is 1.50 bits per heavy atom. The van der Waals surface area contributed by atoms with E-state index in [9.17, 15) is 22.4 Å². The van der Waals surface area contributed by atoms with Crippen LogP contribution in [0.4, 0.5) is 10.1 Å². The molecule has 3 aromatic carbocycles. The van der Waals surface area contributed by atoms with Crippen LogP contribution in [-0.2, 0) is 26.2 Å². The molecular weight excluding hydrogens is 529 g/mol. The highest BCUT2D eigenvalue weighted by Gasteiger charge is 2.33. The van der Waals surface area contributed by atoms with Gasteiger partial charge in [0.15, 0.2) is 0 Å². The van der Waals surface area contributed by atoms with Gasteiger partial charge < -0.3 is 10.2 Å². The van der Waals surface area contributed by atoms with Gasteiger partial charge in [-0.3, -0.25) is 13.9 Å². The minimum absolute atomic E-state index is 0.0336. The number of sulfonamides is 1. The van der Waals surface area contributed by atoms with Crippen LogP contribution in [0.25, 0.3) is 0 Å². The van der Waals surface area contributed by atoms with E-state index in [0.29, 0.717) is 5.69 Å². The molecule has 9 heteroatoms. The molecule has 1 fully saturated rings. The van der Waals surface area contributed by atoms with E-state index < -0.39 is 34.3 Å². The van der Waals surface area contributed by atoms with Crippen LogP contribution >= 0.6 is 0 Å². The molecule has 1 saturated carbocycles. The molecule has 0 bridgehead atoms.